The summed E-state index contributed by atoms with van der Waals surface area (Å²) in [4.78, 5) is 0. The third-order valence-corrected chi connectivity index (χ3v) is 8.43. The highest BCUT2D eigenvalue weighted by Crippen LogP contribution is 2.44. The Morgan fingerprint density at radius 3 is 1.44 bits per heavy atom. The van der Waals surface area contributed by atoms with Gasteiger partial charge in [-0.15, -0.1) is 0 Å². The van der Waals surface area contributed by atoms with Gasteiger partial charge in [-0.05, 0) is 35.8 Å². The fourth-order valence-electron chi connectivity index (χ4n) is 4.95. The summed E-state index contributed by atoms with van der Waals surface area (Å²) < 4.78 is 38.3. The van der Waals surface area contributed by atoms with Gasteiger partial charge in [-0.2, -0.15) is 17.0 Å². The van der Waals surface area contributed by atoms with E-state index in [0.29, 0.717) is 24.9 Å². The fraction of sp³-hybridized carbons (Fsp3) is 0.538. The first-order chi connectivity index (χ1) is 15.3. The minimum Gasteiger partial charge on any atom is -0.366 e. The molecule has 0 aromatic heterocycles. The summed E-state index contributed by atoms with van der Waals surface area (Å²) >= 11 is 0. The molecule has 0 spiro atoms. The second kappa shape index (κ2) is 9.64. The summed E-state index contributed by atoms with van der Waals surface area (Å²) in [5, 5.41) is 0. The van der Waals surface area contributed by atoms with E-state index in [0.717, 1.165) is 24.0 Å². The standard InChI is InChI=1S/C26H36N2O3S/c1-19(2)15-23-25-26(31-25)24(16-20(3)4)28(18-22-13-9-6-10-14-22)32(29,30)27(23)17-21-11-7-5-8-12-21/h5-14,19-20,23-26H,15-18H2,1-4H3/t23-,24-,25-,26+/m0/s1. The van der Waals surface area contributed by atoms with E-state index in [2.05, 4.69) is 27.7 Å². The molecule has 4 atom stereocenters. The van der Waals surface area contributed by atoms with E-state index in [1.165, 1.54) is 0 Å². The quantitative estimate of drug-likeness (QED) is 0.534. The second-order valence-electron chi connectivity index (χ2n) is 10.0. The number of benzene rings is 2. The van der Waals surface area contributed by atoms with E-state index < -0.39 is 10.2 Å². The maximum Gasteiger partial charge on any atom is 0.283 e. The van der Waals surface area contributed by atoms with E-state index in [1.807, 2.05) is 60.7 Å². The molecule has 174 valence electrons. The van der Waals surface area contributed by atoms with Gasteiger partial charge in [0.2, 0.25) is 0 Å². The molecule has 32 heavy (non-hydrogen) atoms. The number of ether oxygens (including phenoxy) is 1. The van der Waals surface area contributed by atoms with Crippen molar-refractivity contribution in [3.05, 3.63) is 71.8 Å². The van der Waals surface area contributed by atoms with Crippen LogP contribution < -0.4 is 0 Å². The molecular weight excluding hydrogens is 420 g/mol. The molecule has 0 saturated carbocycles. The van der Waals surface area contributed by atoms with Crippen molar-refractivity contribution in [3.63, 3.8) is 0 Å². The smallest absolute Gasteiger partial charge is 0.283 e. The summed E-state index contributed by atoms with van der Waals surface area (Å²) in [6, 6.07) is 19.5. The summed E-state index contributed by atoms with van der Waals surface area (Å²) in [5.74, 6) is 0.755. The van der Waals surface area contributed by atoms with Gasteiger partial charge in [0.15, 0.2) is 0 Å². The highest BCUT2D eigenvalue weighted by Gasteiger charge is 2.60. The molecule has 0 N–H and O–H groups in total. The van der Waals surface area contributed by atoms with Gasteiger partial charge >= 0.3 is 0 Å². The summed E-state index contributed by atoms with van der Waals surface area (Å²) in [6.07, 6.45) is 1.50. The topological polar surface area (TPSA) is 53.2 Å². The van der Waals surface area contributed by atoms with Crippen LogP contribution in [0.5, 0.6) is 0 Å². The number of fused-ring (bicyclic) bond motifs is 1. The SMILES string of the molecule is CC(C)C[C@H]1[C@@H]2O[C@@H]2[C@H](CC(C)C)N(Cc2ccccc2)S(=O)(=O)N1Cc1ccccc1. The first kappa shape index (κ1) is 23.4. The highest BCUT2D eigenvalue weighted by atomic mass is 32.2. The average Bonchev–Trinajstić information content (AvgIpc) is 3.54. The van der Waals surface area contributed by atoms with Crippen molar-refractivity contribution in [2.45, 2.75) is 77.9 Å². The number of hydrogen-bond acceptors (Lipinski definition) is 3. The number of hydrogen-bond donors (Lipinski definition) is 0. The zero-order valence-electron chi connectivity index (χ0n) is 19.6. The van der Waals surface area contributed by atoms with E-state index in [9.17, 15) is 8.42 Å². The van der Waals surface area contributed by atoms with Crippen LogP contribution in [0.1, 0.15) is 51.7 Å². The average molecular weight is 457 g/mol. The van der Waals surface area contributed by atoms with Crippen LogP contribution in [0, 0.1) is 11.8 Å². The van der Waals surface area contributed by atoms with Crippen LogP contribution in [0.2, 0.25) is 0 Å². The molecule has 6 heteroatoms. The van der Waals surface area contributed by atoms with Gasteiger partial charge in [0.25, 0.3) is 10.2 Å². The Morgan fingerprint density at radius 1 is 0.719 bits per heavy atom. The van der Waals surface area contributed by atoms with Crippen molar-refractivity contribution < 1.29 is 13.2 Å². The first-order valence-electron chi connectivity index (χ1n) is 11.8. The van der Waals surface area contributed by atoms with E-state index in [1.54, 1.807) is 8.61 Å². The third-order valence-electron chi connectivity index (χ3n) is 6.44. The lowest BCUT2D eigenvalue weighted by atomic mass is 9.93. The Kier molecular flexibility index (Phi) is 7.06. The van der Waals surface area contributed by atoms with Gasteiger partial charge < -0.3 is 4.74 Å². The normalized spacial score (nSPS) is 27.9. The third kappa shape index (κ3) is 5.09. The fourth-order valence-corrected chi connectivity index (χ4v) is 6.94. The lowest BCUT2D eigenvalue weighted by molar-refractivity contribution is 0.166. The minimum atomic E-state index is -3.70. The largest absolute Gasteiger partial charge is 0.366 e. The zero-order valence-corrected chi connectivity index (χ0v) is 20.4. The Hall–Kier alpha value is -1.73. The van der Waals surface area contributed by atoms with Crippen molar-refractivity contribution in [3.8, 4) is 0 Å². The van der Waals surface area contributed by atoms with E-state index >= 15 is 0 Å². The second-order valence-corrected chi connectivity index (χ2v) is 11.9. The maximum atomic E-state index is 14.3. The number of epoxide rings is 1. The molecule has 2 aliphatic heterocycles. The number of rotatable bonds is 8. The Labute approximate surface area is 193 Å². The van der Waals surface area contributed by atoms with Crippen molar-refractivity contribution >= 4 is 10.2 Å². The molecule has 4 rings (SSSR count). The molecule has 2 heterocycles. The Balaban J connectivity index is 1.77. The van der Waals surface area contributed by atoms with E-state index in [4.69, 9.17) is 4.74 Å². The van der Waals surface area contributed by atoms with Gasteiger partial charge in [0.05, 0.1) is 12.1 Å². The number of nitrogens with zero attached hydrogens (tertiary/aromatic N) is 2. The molecule has 0 amide bonds. The molecule has 0 aliphatic carbocycles. The molecule has 5 nitrogen and oxygen atoms in total. The summed E-state index contributed by atoms with van der Waals surface area (Å²) in [6.45, 7) is 9.36. The predicted octanol–water partition coefficient (Wildman–Crippen LogP) is 4.85. The zero-order chi connectivity index (χ0) is 22.9. The summed E-state index contributed by atoms with van der Waals surface area (Å²) in [5.41, 5.74) is 2.01. The minimum absolute atomic E-state index is 0.0413. The lowest BCUT2D eigenvalue weighted by Gasteiger charge is -2.36. The predicted molar refractivity (Wildman–Crippen MR) is 128 cm³/mol. The monoisotopic (exact) mass is 456 g/mol. The molecule has 2 aromatic carbocycles. The highest BCUT2D eigenvalue weighted by molar-refractivity contribution is 7.86. The molecule has 2 aromatic rings. The van der Waals surface area contributed by atoms with Gasteiger partial charge in [-0.3, -0.25) is 0 Å². The molecule has 0 radical (unpaired) electrons. The van der Waals surface area contributed by atoms with E-state index in [-0.39, 0.29) is 24.3 Å². The first-order valence-corrected chi connectivity index (χ1v) is 13.2. The van der Waals surface area contributed by atoms with Crippen molar-refractivity contribution in [1.29, 1.82) is 0 Å². The van der Waals surface area contributed by atoms with Crippen LogP contribution in [0.15, 0.2) is 60.7 Å². The molecule has 0 unspecified atom stereocenters. The van der Waals surface area contributed by atoms with Crippen molar-refractivity contribution in [2.24, 2.45) is 11.8 Å². The van der Waals surface area contributed by atoms with Gasteiger partial charge in [0.1, 0.15) is 12.2 Å². The molecular formula is C26H36N2O3S. The van der Waals surface area contributed by atoms with Crippen LogP contribution >= 0.6 is 0 Å². The van der Waals surface area contributed by atoms with Gasteiger partial charge in [-0.25, -0.2) is 0 Å². The Bertz CT molecular complexity index is 905. The molecule has 2 saturated heterocycles. The van der Waals surface area contributed by atoms with Crippen LogP contribution in [-0.2, 0) is 28.0 Å². The summed E-state index contributed by atoms with van der Waals surface area (Å²) in [7, 11) is -3.70. The van der Waals surface area contributed by atoms with Crippen LogP contribution in [0.3, 0.4) is 0 Å². The maximum absolute atomic E-state index is 14.3. The lowest BCUT2D eigenvalue weighted by Crippen LogP contribution is -2.51. The van der Waals surface area contributed by atoms with Crippen LogP contribution in [-0.4, -0.2) is 41.3 Å². The van der Waals surface area contributed by atoms with Gasteiger partial charge in [-0.1, -0.05) is 88.4 Å². The Morgan fingerprint density at radius 2 is 1.09 bits per heavy atom. The van der Waals surface area contributed by atoms with Crippen LogP contribution in [0.4, 0.5) is 0 Å². The molecule has 2 aliphatic rings. The van der Waals surface area contributed by atoms with Crippen LogP contribution in [0.25, 0.3) is 0 Å². The van der Waals surface area contributed by atoms with Crippen molar-refractivity contribution in [1.82, 2.24) is 8.61 Å². The van der Waals surface area contributed by atoms with Gasteiger partial charge in [0, 0.05) is 13.1 Å². The molecule has 0 bridgehead atoms. The van der Waals surface area contributed by atoms with Crippen molar-refractivity contribution in [2.75, 3.05) is 0 Å². The molecule has 2 fully saturated rings.